The molecule has 1 amide bonds. The zero-order valence-electron chi connectivity index (χ0n) is 13.0. The van der Waals surface area contributed by atoms with Gasteiger partial charge in [-0.3, -0.25) is 9.59 Å². The molecule has 5 nitrogen and oxygen atoms in total. The predicted octanol–water partition coefficient (Wildman–Crippen LogP) is 2.04. The molecule has 3 N–H and O–H groups in total. The molecule has 2 rings (SSSR count). The van der Waals surface area contributed by atoms with Crippen molar-refractivity contribution in [3.63, 3.8) is 0 Å². The predicted molar refractivity (Wildman–Crippen MR) is 84.9 cm³/mol. The van der Waals surface area contributed by atoms with Gasteiger partial charge in [0, 0.05) is 30.5 Å². The summed E-state index contributed by atoms with van der Waals surface area (Å²) in [6, 6.07) is 7.42. The molecule has 0 radical (unpaired) electrons. The Morgan fingerprint density at radius 2 is 1.77 bits per heavy atom. The SMILES string of the molecule is COc1ccc(C(=O)CCC(=O)NC2CCC(N)CC2)cc1. The fraction of sp³-hybridized carbons (Fsp3) is 0.529. The number of Topliss-reactive ketones (excluding diaryl/α,β-unsaturated/α-hetero) is 1. The molecule has 1 aliphatic rings. The summed E-state index contributed by atoms with van der Waals surface area (Å²) in [6.07, 6.45) is 4.22. The maximum Gasteiger partial charge on any atom is 0.220 e. The van der Waals surface area contributed by atoms with Crippen LogP contribution in [0.1, 0.15) is 48.9 Å². The van der Waals surface area contributed by atoms with Crippen molar-refractivity contribution in [2.24, 2.45) is 5.73 Å². The fourth-order valence-electron chi connectivity index (χ4n) is 2.71. The highest BCUT2D eigenvalue weighted by Gasteiger charge is 2.20. The fourth-order valence-corrected chi connectivity index (χ4v) is 2.71. The summed E-state index contributed by atoms with van der Waals surface area (Å²) in [5, 5.41) is 3.00. The average Bonchev–Trinajstić information content (AvgIpc) is 2.55. The topological polar surface area (TPSA) is 81.4 Å². The van der Waals surface area contributed by atoms with E-state index in [0.29, 0.717) is 11.3 Å². The summed E-state index contributed by atoms with van der Waals surface area (Å²) >= 11 is 0. The van der Waals surface area contributed by atoms with Crippen LogP contribution < -0.4 is 15.8 Å². The van der Waals surface area contributed by atoms with Gasteiger partial charge in [-0.15, -0.1) is 0 Å². The van der Waals surface area contributed by atoms with Gasteiger partial charge < -0.3 is 15.8 Å². The van der Waals surface area contributed by atoms with Gasteiger partial charge in [0.25, 0.3) is 0 Å². The number of benzene rings is 1. The summed E-state index contributed by atoms with van der Waals surface area (Å²) in [5.74, 6) is 0.635. The van der Waals surface area contributed by atoms with Gasteiger partial charge in [0.05, 0.1) is 7.11 Å². The zero-order chi connectivity index (χ0) is 15.9. The molecule has 22 heavy (non-hydrogen) atoms. The number of rotatable bonds is 6. The van der Waals surface area contributed by atoms with Crippen molar-refractivity contribution < 1.29 is 14.3 Å². The van der Waals surface area contributed by atoms with E-state index in [1.165, 1.54) is 0 Å². The Labute approximate surface area is 131 Å². The number of carbonyl (C=O) groups is 2. The van der Waals surface area contributed by atoms with Crippen molar-refractivity contribution in [3.8, 4) is 5.75 Å². The first kappa shape index (κ1) is 16.5. The third-order valence-electron chi connectivity index (χ3n) is 4.13. The van der Waals surface area contributed by atoms with Crippen LogP contribution in [-0.2, 0) is 4.79 Å². The minimum absolute atomic E-state index is 0.0246. The van der Waals surface area contributed by atoms with E-state index < -0.39 is 0 Å². The summed E-state index contributed by atoms with van der Waals surface area (Å²) in [6.45, 7) is 0. The summed E-state index contributed by atoms with van der Waals surface area (Å²) in [7, 11) is 1.58. The molecule has 120 valence electrons. The van der Waals surface area contributed by atoms with Gasteiger partial charge in [0.2, 0.25) is 5.91 Å². The lowest BCUT2D eigenvalue weighted by Crippen LogP contribution is -2.40. The van der Waals surface area contributed by atoms with Crippen LogP contribution in [0, 0.1) is 0 Å². The normalized spacial score (nSPS) is 21.2. The van der Waals surface area contributed by atoms with Gasteiger partial charge in [-0.1, -0.05) is 0 Å². The second-order valence-corrected chi connectivity index (χ2v) is 5.83. The van der Waals surface area contributed by atoms with Crippen molar-refractivity contribution >= 4 is 11.7 Å². The van der Waals surface area contributed by atoms with Crippen LogP contribution in [0.3, 0.4) is 0 Å². The van der Waals surface area contributed by atoms with Crippen LogP contribution >= 0.6 is 0 Å². The smallest absolute Gasteiger partial charge is 0.220 e. The molecule has 5 heteroatoms. The highest BCUT2D eigenvalue weighted by molar-refractivity contribution is 5.98. The maximum atomic E-state index is 12.0. The lowest BCUT2D eigenvalue weighted by Gasteiger charge is -2.26. The number of nitrogens with one attached hydrogen (secondary N) is 1. The first-order chi connectivity index (χ1) is 10.6. The summed E-state index contributed by atoms with van der Waals surface area (Å²) in [5.41, 5.74) is 6.45. The van der Waals surface area contributed by atoms with E-state index in [0.717, 1.165) is 25.7 Å². The molecule has 1 aromatic carbocycles. The number of nitrogens with two attached hydrogens (primary N) is 1. The molecule has 0 spiro atoms. The van der Waals surface area contributed by atoms with Gasteiger partial charge >= 0.3 is 0 Å². The molecule has 0 bridgehead atoms. The van der Waals surface area contributed by atoms with Crippen LogP contribution in [0.25, 0.3) is 0 Å². The van der Waals surface area contributed by atoms with Crippen LogP contribution in [0.2, 0.25) is 0 Å². The highest BCUT2D eigenvalue weighted by atomic mass is 16.5. The first-order valence-electron chi connectivity index (χ1n) is 7.80. The number of methoxy groups -OCH3 is 1. The lowest BCUT2D eigenvalue weighted by atomic mass is 9.91. The van der Waals surface area contributed by atoms with Crippen molar-refractivity contribution in [2.75, 3.05) is 7.11 Å². The van der Waals surface area contributed by atoms with Crippen LogP contribution in [0.5, 0.6) is 5.75 Å². The minimum atomic E-state index is -0.0534. The second kappa shape index (κ2) is 7.94. The molecule has 0 unspecified atom stereocenters. The van der Waals surface area contributed by atoms with Crippen molar-refractivity contribution in [1.82, 2.24) is 5.32 Å². The number of hydrogen-bond donors (Lipinski definition) is 2. The van der Waals surface area contributed by atoms with Gasteiger partial charge in [0.15, 0.2) is 5.78 Å². The van der Waals surface area contributed by atoms with E-state index in [1.807, 2.05) is 0 Å². The van der Waals surface area contributed by atoms with Crippen molar-refractivity contribution in [2.45, 2.75) is 50.6 Å². The van der Waals surface area contributed by atoms with E-state index in [-0.39, 0.29) is 36.6 Å². The van der Waals surface area contributed by atoms with E-state index in [2.05, 4.69) is 5.32 Å². The molecule has 0 saturated heterocycles. The third-order valence-corrected chi connectivity index (χ3v) is 4.13. The minimum Gasteiger partial charge on any atom is -0.497 e. The zero-order valence-corrected chi connectivity index (χ0v) is 13.0. The number of ketones is 1. The van der Waals surface area contributed by atoms with E-state index in [4.69, 9.17) is 10.5 Å². The molecular formula is C17H24N2O3. The highest BCUT2D eigenvalue weighted by Crippen LogP contribution is 2.17. The monoisotopic (exact) mass is 304 g/mol. The maximum absolute atomic E-state index is 12.0. The molecule has 0 heterocycles. The third kappa shape index (κ3) is 4.84. The summed E-state index contributed by atoms with van der Waals surface area (Å²) < 4.78 is 5.05. The Bertz CT molecular complexity index is 505. The quantitative estimate of drug-likeness (QED) is 0.788. The molecule has 1 fully saturated rings. The van der Waals surface area contributed by atoms with Gasteiger partial charge in [-0.05, 0) is 49.9 Å². The molecule has 0 aromatic heterocycles. The Balaban J connectivity index is 1.74. The van der Waals surface area contributed by atoms with E-state index in [9.17, 15) is 9.59 Å². The Morgan fingerprint density at radius 1 is 1.14 bits per heavy atom. The van der Waals surface area contributed by atoms with Crippen molar-refractivity contribution in [1.29, 1.82) is 0 Å². The van der Waals surface area contributed by atoms with Crippen LogP contribution in [0.4, 0.5) is 0 Å². The largest absolute Gasteiger partial charge is 0.497 e. The van der Waals surface area contributed by atoms with E-state index >= 15 is 0 Å². The van der Waals surface area contributed by atoms with Gasteiger partial charge in [0.1, 0.15) is 5.75 Å². The van der Waals surface area contributed by atoms with E-state index in [1.54, 1.807) is 31.4 Å². The number of hydrogen-bond acceptors (Lipinski definition) is 4. The van der Waals surface area contributed by atoms with Crippen LogP contribution in [0.15, 0.2) is 24.3 Å². The molecule has 1 aliphatic carbocycles. The molecular weight excluding hydrogens is 280 g/mol. The van der Waals surface area contributed by atoms with Gasteiger partial charge in [-0.2, -0.15) is 0 Å². The Morgan fingerprint density at radius 3 is 2.36 bits per heavy atom. The summed E-state index contributed by atoms with van der Waals surface area (Å²) in [4.78, 5) is 24.0. The lowest BCUT2D eigenvalue weighted by molar-refractivity contribution is -0.122. The molecule has 1 aromatic rings. The average molecular weight is 304 g/mol. The molecule has 0 atom stereocenters. The standard InChI is InChI=1S/C17H24N2O3/c1-22-15-8-2-12(3-9-15)16(20)10-11-17(21)19-14-6-4-13(18)5-7-14/h2-3,8-9,13-14H,4-7,10-11,18H2,1H3,(H,19,21). The number of carbonyl (C=O) groups excluding carboxylic acids is 2. The Hall–Kier alpha value is -1.88. The Kier molecular flexibility index (Phi) is 5.95. The number of amides is 1. The first-order valence-corrected chi connectivity index (χ1v) is 7.80. The second-order valence-electron chi connectivity index (χ2n) is 5.83. The molecule has 1 saturated carbocycles. The van der Waals surface area contributed by atoms with Crippen molar-refractivity contribution in [3.05, 3.63) is 29.8 Å². The van der Waals surface area contributed by atoms with Crippen LogP contribution in [-0.4, -0.2) is 30.9 Å². The van der Waals surface area contributed by atoms with Gasteiger partial charge in [-0.25, -0.2) is 0 Å². The molecule has 0 aliphatic heterocycles. The number of ether oxygens (including phenoxy) is 1.